The van der Waals surface area contributed by atoms with Crippen LogP contribution in [-0.2, 0) is 0 Å². The summed E-state index contributed by atoms with van der Waals surface area (Å²) in [4.78, 5) is 0. The predicted octanol–water partition coefficient (Wildman–Crippen LogP) is 1.19. The lowest BCUT2D eigenvalue weighted by atomic mass is 9.99. The van der Waals surface area contributed by atoms with Crippen molar-refractivity contribution in [2.24, 2.45) is 5.73 Å². The van der Waals surface area contributed by atoms with Gasteiger partial charge in [-0.15, -0.1) is 0 Å². The molecule has 0 saturated heterocycles. The first-order valence-electron chi connectivity index (χ1n) is 5.25. The quantitative estimate of drug-likeness (QED) is 0.723. The molecule has 0 aromatic heterocycles. The number of fused-ring (bicyclic) bond motifs is 1. The van der Waals surface area contributed by atoms with Crippen molar-refractivity contribution >= 4 is 10.8 Å². The highest BCUT2D eigenvalue weighted by Crippen LogP contribution is 2.20. The Morgan fingerprint density at radius 1 is 1.06 bits per heavy atom. The number of hydrogen-bond acceptors (Lipinski definition) is 3. The molecule has 2 rings (SSSR count). The van der Waals surface area contributed by atoms with Crippen LogP contribution in [0, 0.1) is 0 Å². The molecule has 0 saturated carbocycles. The summed E-state index contributed by atoms with van der Waals surface area (Å²) in [5.41, 5.74) is 6.66. The van der Waals surface area contributed by atoms with Crippen LogP contribution in [-0.4, -0.2) is 22.9 Å². The summed E-state index contributed by atoms with van der Waals surface area (Å²) in [6.45, 7) is -0.325. The van der Waals surface area contributed by atoms with Gasteiger partial charge in [0, 0.05) is 0 Å². The Kier molecular flexibility index (Phi) is 3.19. The topological polar surface area (TPSA) is 66.5 Å². The van der Waals surface area contributed by atoms with E-state index in [0.29, 0.717) is 0 Å². The van der Waals surface area contributed by atoms with Crippen molar-refractivity contribution in [3.63, 3.8) is 0 Å². The summed E-state index contributed by atoms with van der Waals surface area (Å²) in [5, 5.41) is 20.5. The first-order chi connectivity index (χ1) is 7.72. The van der Waals surface area contributed by atoms with Crippen molar-refractivity contribution in [2.45, 2.75) is 12.1 Å². The minimum atomic E-state index is -0.916. The number of rotatable bonds is 3. The lowest BCUT2D eigenvalue weighted by molar-refractivity contribution is 0.0741. The molecule has 16 heavy (non-hydrogen) atoms. The zero-order valence-corrected chi connectivity index (χ0v) is 8.88. The molecule has 0 fully saturated rings. The van der Waals surface area contributed by atoms with Crippen LogP contribution in [0.3, 0.4) is 0 Å². The largest absolute Gasteiger partial charge is 0.394 e. The maximum absolute atomic E-state index is 9.48. The van der Waals surface area contributed by atoms with Crippen molar-refractivity contribution in [2.75, 3.05) is 6.61 Å². The molecule has 0 spiro atoms. The van der Waals surface area contributed by atoms with Crippen molar-refractivity contribution in [3.05, 3.63) is 48.0 Å². The lowest BCUT2D eigenvalue weighted by Crippen LogP contribution is -2.29. The SMILES string of the molecule is N[C@H](c1ccc2ccccc2c1)[C@H](O)CO. The molecule has 3 heteroatoms. The normalized spacial score (nSPS) is 14.9. The van der Waals surface area contributed by atoms with Gasteiger partial charge in [0.2, 0.25) is 0 Å². The maximum Gasteiger partial charge on any atom is 0.0962 e. The van der Waals surface area contributed by atoms with Crippen LogP contribution >= 0.6 is 0 Å². The third-order valence-electron chi connectivity index (χ3n) is 2.76. The van der Waals surface area contributed by atoms with Crippen LogP contribution in [0.15, 0.2) is 42.5 Å². The van der Waals surface area contributed by atoms with E-state index in [-0.39, 0.29) is 6.61 Å². The molecule has 4 N–H and O–H groups in total. The fourth-order valence-electron chi connectivity index (χ4n) is 1.75. The Morgan fingerprint density at radius 2 is 1.75 bits per heavy atom. The van der Waals surface area contributed by atoms with E-state index in [1.54, 1.807) is 0 Å². The minimum absolute atomic E-state index is 0.325. The third kappa shape index (κ3) is 2.07. The molecule has 0 bridgehead atoms. The van der Waals surface area contributed by atoms with Crippen molar-refractivity contribution < 1.29 is 10.2 Å². The van der Waals surface area contributed by atoms with E-state index >= 15 is 0 Å². The first kappa shape index (κ1) is 11.1. The zero-order valence-electron chi connectivity index (χ0n) is 8.88. The molecule has 84 valence electrons. The van der Waals surface area contributed by atoms with Gasteiger partial charge >= 0.3 is 0 Å². The van der Waals surface area contributed by atoms with Crippen LogP contribution in [0.4, 0.5) is 0 Å². The maximum atomic E-state index is 9.48. The number of benzene rings is 2. The van der Waals surface area contributed by atoms with Crippen LogP contribution in [0.2, 0.25) is 0 Å². The Morgan fingerprint density at radius 3 is 2.44 bits per heavy atom. The number of hydrogen-bond donors (Lipinski definition) is 3. The molecular weight excluding hydrogens is 202 g/mol. The number of aliphatic hydroxyl groups is 2. The van der Waals surface area contributed by atoms with E-state index in [1.807, 2.05) is 42.5 Å². The van der Waals surface area contributed by atoms with Gasteiger partial charge < -0.3 is 15.9 Å². The molecule has 0 heterocycles. The highest BCUT2D eigenvalue weighted by molar-refractivity contribution is 5.83. The number of nitrogens with two attached hydrogens (primary N) is 1. The van der Waals surface area contributed by atoms with E-state index in [0.717, 1.165) is 16.3 Å². The van der Waals surface area contributed by atoms with Gasteiger partial charge in [-0.25, -0.2) is 0 Å². The molecule has 2 aromatic carbocycles. The summed E-state index contributed by atoms with van der Waals surface area (Å²) in [6.07, 6.45) is -0.916. The van der Waals surface area contributed by atoms with E-state index in [4.69, 9.17) is 10.8 Å². The zero-order chi connectivity index (χ0) is 11.5. The van der Waals surface area contributed by atoms with Crippen molar-refractivity contribution in [1.82, 2.24) is 0 Å². The molecule has 2 aromatic rings. The van der Waals surface area contributed by atoms with Gasteiger partial charge in [0.1, 0.15) is 0 Å². The van der Waals surface area contributed by atoms with Gasteiger partial charge in [0.25, 0.3) is 0 Å². The van der Waals surface area contributed by atoms with Crippen molar-refractivity contribution in [1.29, 1.82) is 0 Å². The highest BCUT2D eigenvalue weighted by Gasteiger charge is 2.15. The van der Waals surface area contributed by atoms with Gasteiger partial charge in [0.15, 0.2) is 0 Å². The van der Waals surface area contributed by atoms with Crippen LogP contribution in [0.1, 0.15) is 11.6 Å². The Bertz CT molecular complexity index is 484. The monoisotopic (exact) mass is 217 g/mol. The summed E-state index contributed by atoms with van der Waals surface area (Å²) in [5.74, 6) is 0. The molecular formula is C13H15NO2. The predicted molar refractivity (Wildman–Crippen MR) is 64.0 cm³/mol. The third-order valence-corrected chi connectivity index (χ3v) is 2.76. The van der Waals surface area contributed by atoms with Gasteiger partial charge in [-0.2, -0.15) is 0 Å². The van der Waals surface area contributed by atoms with E-state index < -0.39 is 12.1 Å². The molecule has 0 unspecified atom stereocenters. The minimum Gasteiger partial charge on any atom is -0.394 e. The second-order valence-corrected chi connectivity index (χ2v) is 3.88. The molecule has 0 amide bonds. The van der Waals surface area contributed by atoms with Crippen LogP contribution in [0.25, 0.3) is 10.8 Å². The average molecular weight is 217 g/mol. The fraction of sp³-hybridized carbons (Fsp3) is 0.231. The van der Waals surface area contributed by atoms with Gasteiger partial charge in [-0.1, -0.05) is 36.4 Å². The summed E-state index contributed by atoms with van der Waals surface area (Å²) < 4.78 is 0. The second-order valence-electron chi connectivity index (χ2n) is 3.88. The first-order valence-corrected chi connectivity index (χ1v) is 5.25. The molecule has 3 nitrogen and oxygen atoms in total. The standard InChI is InChI=1S/C13H15NO2/c14-13(12(16)8-15)11-6-5-9-3-1-2-4-10(9)7-11/h1-7,12-13,15-16H,8,14H2/t12-,13-/m1/s1. The smallest absolute Gasteiger partial charge is 0.0962 e. The summed E-state index contributed by atoms with van der Waals surface area (Å²) >= 11 is 0. The molecule has 0 aliphatic heterocycles. The molecule has 0 aliphatic carbocycles. The van der Waals surface area contributed by atoms with Gasteiger partial charge in [-0.05, 0) is 22.4 Å². The summed E-state index contributed by atoms with van der Waals surface area (Å²) in [7, 11) is 0. The van der Waals surface area contributed by atoms with Gasteiger partial charge in [-0.3, -0.25) is 0 Å². The average Bonchev–Trinajstić information content (AvgIpc) is 2.36. The molecule has 0 aliphatic rings. The Balaban J connectivity index is 2.39. The van der Waals surface area contributed by atoms with Gasteiger partial charge in [0.05, 0.1) is 18.8 Å². The highest BCUT2D eigenvalue weighted by atomic mass is 16.3. The molecule has 2 atom stereocenters. The Labute approximate surface area is 94.1 Å². The van der Waals surface area contributed by atoms with Crippen LogP contribution in [0.5, 0.6) is 0 Å². The van der Waals surface area contributed by atoms with Crippen molar-refractivity contribution in [3.8, 4) is 0 Å². The molecule has 0 radical (unpaired) electrons. The van der Waals surface area contributed by atoms with Crippen LogP contribution < -0.4 is 5.73 Å². The fourth-order valence-corrected chi connectivity index (χ4v) is 1.75. The summed E-state index contributed by atoms with van der Waals surface area (Å²) in [6, 6.07) is 13.2. The second kappa shape index (κ2) is 4.61. The lowest BCUT2D eigenvalue weighted by Gasteiger charge is -2.17. The number of aliphatic hydroxyl groups excluding tert-OH is 2. The Hall–Kier alpha value is -1.42. The van der Waals surface area contributed by atoms with E-state index in [2.05, 4.69) is 0 Å². The van der Waals surface area contributed by atoms with E-state index in [9.17, 15) is 5.11 Å². The van der Waals surface area contributed by atoms with E-state index in [1.165, 1.54) is 0 Å².